The second kappa shape index (κ2) is 6.33. The summed E-state index contributed by atoms with van der Waals surface area (Å²) in [5.74, 6) is -2.23. The highest BCUT2D eigenvalue weighted by atomic mass is 16.4. The number of hydrogen-bond acceptors (Lipinski definition) is 3. The van der Waals surface area contributed by atoms with Crippen LogP contribution in [0.3, 0.4) is 0 Å². The molecule has 5 nitrogen and oxygen atoms in total. The predicted octanol–water partition coefficient (Wildman–Crippen LogP) is 1.66. The van der Waals surface area contributed by atoms with Crippen molar-refractivity contribution >= 4 is 11.9 Å². The molecule has 0 saturated heterocycles. The normalized spacial score (nSPS) is 12.4. The molecule has 0 aliphatic carbocycles. The summed E-state index contributed by atoms with van der Waals surface area (Å²) in [4.78, 5) is 23.3. The number of aryl methyl sites for hydroxylation is 2. The largest absolute Gasteiger partial charge is 0.481 e. The summed E-state index contributed by atoms with van der Waals surface area (Å²) in [6, 6.07) is 4.92. The van der Waals surface area contributed by atoms with E-state index in [1.807, 2.05) is 32.0 Å². The number of benzene rings is 1. The molecule has 5 heteroatoms. The third-order valence-electron chi connectivity index (χ3n) is 3.10. The zero-order valence-electron chi connectivity index (χ0n) is 11.4. The predicted molar refractivity (Wildman–Crippen MR) is 71.1 cm³/mol. The zero-order valence-corrected chi connectivity index (χ0v) is 11.4. The van der Waals surface area contributed by atoms with Gasteiger partial charge in [-0.3, -0.25) is 14.5 Å². The fourth-order valence-corrected chi connectivity index (χ4v) is 2.00. The Kier molecular flexibility index (Phi) is 5.06. The number of aliphatic carboxylic acids is 2. The van der Waals surface area contributed by atoms with Crippen LogP contribution in [0.1, 0.15) is 23.1 Å². The van der Waals surface area contributed by atoms with Crippen molar-refractivity contribution < 1.29 is 19.8 Å². The van der Waals surface area contributed by atoms with Crippen LogP contribution in [0.2, 0.25) is 0 Å². The minimum absolute atomic E-state index is 0.406. The molecule has 0 heterocycles. The van der Waals surface area contributed by atoms with E-state index in [9.17, 15) is 9.59 Å². The number of hydrogen-bond donors (Lipinski definition) is 2. The molecule has 1 unspecified atom stereocenters. The zero-order chi connectivity index (χ0) is 14.6. The molecule has 0 aliphatic rings. The van der Waals surface area contributed by atoms with E-state index in [1.165, 1.54) is 0 Å². The Labute approximate surface area is 112 Å². The lowest BCUT2D eigenvalue weighted by Crippen LogP contribution is -2.39. The number of carboxylic acid groups (broad SMARTS) is 2. The van der Waals surface area contributed by atoms with Crippen LogP contribution in [0.5, 0.6) is 0 Å². The first-order chi connectivity index (χ1) is 8.81. The highest BCUT2D eigenvalue weighted by molar-refractivity contribution is 5.80. The van der Waals surface area contributed by atoms with Crippen LogP contribution in [0.4, 0.5) is 0 Å². The van der Waals surface area contributed by atoms with Crippen molar-refractivity contribution in [1.82, 2.24) is 4.90 Å². The van der Waals surface area contributed by atoms with E-state index in [2.05, 4.69) is 0 Å². The van der Waals surface area contributed by atoms with E-state index in [-0.39, 0.29) is 0 Å². The van der Waals surface area contributed by atoms with Gasteiger partial charge in [0.05, 0.1) is 6.42 Å². The smallest absolute Gasteiger partial charge is 0.321 e. The van der Waals surface area contributed by atoms with E-state index >= 15 is 0 Å². The van der Waals surface area contributed by atoms with Gasteiger partial charge in [-0.05, 0) is 32.0 Å². The van der Waals surface area contributed by atoms with Crippen LogP contribution in [0.25, 0.3) is 0 Å². The van der Waals surface area contributed by atoms with Gasteiger partial charge < -0.3 is 10.2 Å². The van der Waals surface area contributed by atoms with Gasteiger partial charge in [0.25, 0.3) is 0 Å². The van der Waals surface area contributed by atoms with Gasteiger partial charge in [-0.25, -0.2) is 0 Å². The van der Waals surface area contributed by atoms with Crippen molar-refractivity contribution in [3.63, 3.8) is 0 Å². The summed E-state index contributed by atoms with van der Waals surface area (Å²) in [5.41, 5.74) is 3.22. The van der Waals surface area contributed by atoms with Gasteiger partial charge in [-0.1, -0.05) is 23.8 Å². The van der Waals surface area contributed by atoms with E-state index in [0.717, 1.165) is 16.7 Å². The Bertz CT molecular complexity index is 484. The molecule has 0 amide bonds. The molecule has 1 rings (SSSR count). The number of nitrogens with zero attached hydrogens (tertiary/aromatic N) is 1. The van der Waals surface area contributed by atoms with Crippen LogP contribution < -0.4 is 0 Å². The van der Waals surface area contributed by atoms with Crippen molar-refractivity contribution in [2.75, 3.05) is 7.05 Å². The van der Waals surface area contributed by atoms with Gasteiger partial charge in [0.15, 0.2) is 0 Å². The average Bonchev–Trinajstić information content (AvgIpc) is 2.29. The Balaban J connectivity index is 2.83. The molecule has 2 N–H and O–H groups in total. The first kappa shape index (κ1) is 15.2. The van der Waals surface area contributed by atoms with E-state index in [1.54, 1.807) is 11.9 Å². The van der Waals surface area contributed by atoms with Gasteiger partial charge in [0.1, 0.15) is 6.04 Å². The lowest BCUT2D eigenvalue weighted by molar-refractivity contribution is -0.149. The number of carbonyl (C=O) groups is 2. The summed E-state index contributed by atoms with van der Waals surface area (Å²) in [6.07, 6.45) is -0.406. The maximum atomic E-state index is 11.1. The molecule has 0 radical (unpaired) electrons. The molecule has 0 fully saturated rings. The van der Waals surface area contributed by atoms with Crippen LogP contribution >= 0.6 is 0 Å². The Morgan fingerprint density at radius 1 is 1.26 bits per heavy atom. The third kappa shape index (κ3) is 4.37. The van der Waals surface area contributed by atoms with Crippen molar-refractivity contribution in [1.29, 1.82) is 0 Å². The molecule has 1 aromatic rings. The Morgan fingerprint density at radius 2 is 1.89 bits per heavy atom. The van der Waals surface area contributed by atoms with Gasteiger partial charge in [0.2, 0.25) is 0 Å². The third-order valence-corrected chi connectivity index (χ3v) is 3.10. The summed E-state index contributed by atoms with van der Waals surface area (Å²) in [6.45, 7) is 4.37. The van der Waals surface area contributed by atoms with Crippen LogP contribution in [0.15, 0.2) is 18.2 Å². The number of rotatable bonds is 6. The molecule has 0 spiro atoms. The van der Waals surface area contributed by atoms with Gasteiger partial charge in [0, 0.05) is 6.54 Å². The molecule has 1 atom stereocenters. The fourth-order valence-electron chi connectivity index (χ4n) is 2.00. The highest BCUT2D eigenvalue weighted by Crippen LogP contribution is 2.15. The Morgan fingerprint density at radius 3 is 2.37 bits per heavy atom. The molecule has 0 aliphatic heterocycles. The fraction of sp³-hybridized carbons (Fsp3) is 0.429. The van der Waals surface area contributed by atoms with E-state index in [4.69, 9.17) is 10.2 Å². The summed E-state index contributed by atoms with van der Waals surface area (Å²) in [7, 11) is 1.63. The molecular weight excluding hydrogens is 246 g/mol. The van der Waals surface area contributed by atoms with Gasteiger partial charge in [-0.15, -0.1) is 0 Å². The summed E-state index contributed by atoms with van der Waals surface area (Å²) >= 11 is 0. The number of likely N-dealkylation sites (N-methyl/N-ethyl adjacent to an activating group) is 1. The molecule has 19 heavy (non-hydrogen) atoms. The molecule has 0 saturated carbocycles. The molecule has 0 bridgehead atoms. The van der Waals surface area contributed by atoms with E-state index in [0.29, 0.717) is 6.54 Å². The summed E-state index contributed by atoms with van der Waals surface area (Å²) < 4.78 is 0. The Hall–Kier alpha value is -1.88. The maximum Gasteiger partial charge on any atom is 0.321 e. The lowest BCUT2D eigenvalue weighted by atomic mass is 10.0. The van der Waals surface area contributed by atoms with E-state index < -0.39 is 24.4 Å². The highest BCUT2D eigenvalue weighted by Gasteiger charge is 2.25. The second-order valence-corrected chi connectivity index (χ2v) is 4.80. The first-order valence-corrected chi connectivity index (χ1v) is 6.02. The first-order valence-electron chi connectivity index (χ1n) is 6.02. The standard InChI is InChI=1S/C14H19NO4/c1-9-4-5-11(10(2)6-9)8-15(3)12(14(18)19)7-13(16)17/h4-6,12H,7-8H2,1-3H3,(H,16,17)(H,18,19). The topological polar surface area (TPSA) is 77.8 Å². The molecule has 1 aromatic carbocycles. The SMILES string of the molecule is Cc1ccc(CN(C)C(CC(=O)O)C(=O)O)c(C)c1. The maximum absolute atomic E-state index is 11.1. The van der Waals surface area contributed by atoms with Crippen molar-refractivity contribution in [3.05, 3.63) is 34.9 Å². The van der Waals surface area contributed by atoms with Crippen molar-refractivity contribution in [2.45, 2.75) is 32.9 Å². The molecule has 104 valence electrons. The van der Waals surface area contributed by atoms with Gasteiger partial charge in [-0.2, -0.15) is 0 Å². The monoisotopic (exact) mass is 265 g/mol. The van der Waals surface area contributed by atoms with Crippen LogP contribution in [-0.2, 0) is 16.1 Å². The average molecular weight is 265 g/mol. The minimum atomic E-state index is -1.12. The van der Waals surface area contributed by atoms with Crippen LogP contribution in [-0.4, -0.2) is 40.1 Å². The van der Waals surface area contributed by atoms with Crippen molar-refractivity contribution in [2.24, 2.45) is 0 Å². The number of carboxylic acids is 2. The summed E-state index contributed by atoms with van der Waals surface area (Å²) in [5, 5.41) is 17.8. The van der Waals surface area contributed by atoms with Crippen molar-refractivity contribution in [3.8, 4) is 0 Å². The second-order valence-electron chi connectivity index (χ2n) is 4.80. The molecule has 0 aromatic heterocycles. The molecular formula is C14H19NO4. The quantitative estimate of drug-likeness (QED) is 0.818. The van der Waals surface area contributed by atoms with Gasteiger partial charge >= 0.3 is 11.9 Å². The lowest BCUT2D eigenvalue weighted by Gasteiger charge is -2.24. The minimum Gasteiger partial charge on any atom is -0.481 e. The van der Waals surface area contributed by atoms with Crippen LogP contribution in [0, 0.1) is 13.8 Å².